The van der Waals surface area contributed by atoms with Gasteiger partial charge in [-0.15, -0.1) is 0 Å². The van der Waals surface area contributed by atoms with E-state index in [0.29, 0.717) is 18.5 Å². The molecule has 2 aliphatic rings. The minimum atomic E-state index is -0.808. The first kappa shape index (κ1) is 14.1. The molecule has 3 unspecified atom stereocenters. The average molecular weight is 288 g/mol. The molecule has 2 bridgehead atoms. The highest BCUT2D eigenvalue weighted by atomic mass is 16.4. The van der Waals surface area contributed by atoms with Gasteiger partial charge in [-0.3, -0.25) is 9.59 Å². The summed E-state index contributed by atoms with van der Waals surface area (Å²) in [6, 6.07) is 8.28. The predicted octanol–water partition coefficient (Wildman–Crippen LogP) is 1.78. The number of hydrogen-bond donors (Lipinski definition) is 3. The number of carbonyl (C=O) groups excluding carboxylic acids is 1. The summed E-state index contributed by atoms with van der Waals surface area (Å²) in [5.74, 6) is -0.672. The fraction of sp³-hybridized carbons (Fsp3) is 0.500. The lowest BCUT2D eigenvalue weighted by atomic mass is 9.88. The molecule has 1 aromatic carbocycles. The van der Waals surface area contributed by atoms with Gasteiger partial charge in [0.1, 0.15) is 0 Å². The Kier molecular flexibility index (Phi) is 3.92. The van der Waals surface area contributed by atoms with E-state index in [4.69, 9.17) is 5.11 Å². The number of amides is 1. The topological polar surface area (TPSA) is 78.4 Å². The van der Waals surface area contributed by atoms with Crippen molar-refractivity contribution in [2.75, 3.05) is 5.32 Å². The zero-order chi connectivity index (χ0) is 14.8. The van der Waals surface area contributed by atoms with Crippen LogP contribution in [-0.4, -0.2) is 29.1 Å². The third-order valence-electron chi connectivity index (χ3n) is 4.46. The van der Waals surface area contributed by atoms with Crippen LogP contribution < -0.4 is 10.6 Å². The number of carboxylic acid groups (broad SMARTS) is 1. The highest BCUT2D eigenvalue weighted by Crippen LogP contribution is 2.33. The van der Waals surface area contributed by atoms with Crippen LogP contribution in [0.25, 0.3) is 0 Å². The molecule has 0 aromatic heterocycles. The highest BCUT2D eigenvalue weighted by Gasteiger charge is 2.42. The van der Waals surface area contributed by atoms with Crippen LogP contribution in [0, 0.1) is 5.92 Å². The molecule has 5 heteroatoms. The summed E-state index contributed by atoms with van der Waals surface area (Å²) in [4.78, 5) is 22.9. The van der Waals surface area contributed by atoms with Gasteiger partial charge in [-0.05, 0) is 43.4 Å². The van der Waals surface area contributed by atoms with Crippen molar-refractivity contribution in [3.05, 3.63) is 29.8 Å². The maximum Gasteiger partial charge on any atom is 0.303 e. The van der Waals surface area contributed by atoms with Gasteiger partial charge in [0.05, 0.1) is 5.92 Å². The van der Waals surface area contributed by atoms with Crippen LogP contribution in [0.2, 0.25) is 0 Å². The molecule has 3 N–H and O–H groups in total. The van der Waals surface area contributed by atoms with Gasteiger partial charge in [0.15, 0.2) is 0 Å². The molecule has 1 aromatic rings. The summed E-state index contributed by atoms with van der Waals surface area (Å²) in [7, 11) is 0. The number of benzene rings is 1. The van der Waals surface area contributed by atoms with E-state index in [1.807, 2.05) is 24.3 Å². The summed E-state index contributed by atoms with van der Waals surface area (Å²) in [6.07, 6.45) is 3.78. The van der Waals surface area contributed by atoms with Crippen molar-refractivity contribution in [1.29, 1.82) is 0 Å². The van der Waals surface area contributed by atoms with Gasteiger partial charge in [-0.1, -0.05) is 12.1 Å². The molecule has 3 rings (SSSR count). The summed E-state index contributed by atoms with van der Waals surface area (Å²) in [5, 5.41) is 15.1. The van der Waals surface area contributed by atoms with Gasteiger partial charge in [-0.25, -0.2) is 0 Å². The molecule has 0 saturated carbocycles. The van der Waals surface area contributed by atoms with E-state index >= 15 is 0 Å². The number of rotatable bonds is 5. The Morgan fingerprint density at radius 3 is 2.86 bits per heavy atom. The molecule has 2 saturated heterocycles. The van der Waals surface area contributed by atoms with Crippen LogP contribution >= 0.6 is 0 Å². The molecule has 21 heavy (non-hydrogen) atoms. The fourth-order valence-electron chi connectivity index (χ4n) is 3.40. The third-order valence-corrected chi connectivity index (χ3v) is 4.46. The van der Waals surface area contributed by atoms with E-state index in [0.717, 1.165) is 24.1 Å². The van der Waals surface area contributed by atoms with Crippen molar-refractivity contribution in [3.63, 3.8) is 0 Å². The fourth-order valence-corrected chi connectivity index (χ4v) is 3.40. The Labute approximate surface area is 123 Å². The number of carbonyl (C=O) groups is 2. The molecule has 2 fully saturated rings. The van der Waals surface area contributed by atoms with Crippen molar-refractivity contribution >= 4 is 17.6 Å². The number of anilines is 1. The minimum Gasteiger partial charge on any atom is -0.481 e. The van der Waals surface area contributed by atoms with Crippen LogP contribution in [0.1, 0.15) is 31.2 Å². The molecule has 0 spiro atoms. The van der Waals surface area contributed by atoms with Gasteiger partial charge < -0.3 is 15.7 Å². The van der Waals surface area contributed by atoms with Crippen molar-refractivity contribution in [2.24, 2.45) is 5.92 Å². The molecule has 2 heterocycles. The lowest BCUT2D eigenvalue weighted by Gasteiger charge is -2.19. The second-order valence-corrected chi connectivity index (χ2v) is 5.97. The second kappa shape index (κ2) is 5.85. The Hall–Kier alpha value is -1.88. The van der Waals surface area contributed by atoms with Gasteiger partial charge in [-0.2, -0.15) is 0 Å². The first-order valence-electron chi connectivity index (χ1n) is 7.49. The van der Waals surface area contributed by atoms with Crippen LogP contribution in [0.5, 0.6) is 0 Å². The Morgan fingerprint density at radius 2 is 2.19 bits per heavy atom. The minimum absolute atomic E-state index is 0.0615. The van der Waals surface area contributed by atoms with Crippen LogP contribution in [-0.2, 0) is 16.0 Å². The SMILES string of the molecule is O=C(O)CCc1cccc(NC(=O)C2CC3CCC2N3)c1. The third kappa shape index (κ3) is 3.24. The summed E-state index contributed by atoms with van der Waals surface area (Å²) in [6.45, 7) is 0. The maximum atomic E-state index is 12.3. The molecule has 3 atom stereocenters. The highest BCUT2D eigenvalue weighted by molar-refractivity contribution is 5.93. The molecule has 2 aliphatic heterocycles. The van der Waals surface area contributed by atoms with Crippen molar-refractivity contribution in [2.45, 2.75) is 44.2 Å². The molecule has 5 nitrogen and oxygen atoms in total. The van der Waals surface area contributed by atoms with E-state index in [-0.39, 0.29) is 18.2 Å². The zero-order valence-electron chi connectivity index (χ0n) is 11.8. The maximum absolute atomic E-state index is 12.3. The number of fused-ring (bicyclic) bond motifs is 2. The van der Waals surface area contributed by atoms with Crippen LogP contribution in [0.15, 0.2) is 24.3 Å². The summed E-state index contributed by atoms with van der Waals surface area (Å²) < 4.78 is 0. The predicted molar refractivity (Wildman–Crippen MR) is 79.1 cm³/mol. The Morgan fingerprint density at radius 1 is 1.33 bits per heavy atom. The smallest absolute Gasteiger partial charge is 0.303 e. The van der Waals surface area contributed by atoms with E-state index in [9.17, 15) is 9.59 Å². The summed E-state index contributed by atoms with van der Waals surface area (Å²) in [5.41, 5.74) is 1.69. The standard InChI is InChI=1S/C16H20N2O3/c19-15(20)7-4-10-2-1-3-11(8-10)18-16(21)13-9-12-5-6-14(13)17-12/h1-3,8,12-14,17H,4-7,9H2,(H,18,21)(H,19,20). The Bertz CT molecular complexity index is 558. The van der Waals surface area contributed by atoms with E-state index in [2.05, 4.69) is 10.6 Å². The second-order valence-electron chi connectivity index (χ2n) is 5.97. The lowest BCUT2D eigenvalue weighted by Crippen LogP contribution is -2.32. The number of carboxylic acids is 1. The van der Waals surface area contributed by atoms with Gasteiger partial charge in [0.25, 0.3) is 0 Å². The first-order valence-corrected chi connectivity index (χ1v) is 7.49. The van der Waals surface area contributed by atoms with E-state index in [1.54, 1.807) is 0 Å². The molecule has 0 aliphatic carbocycles. The van der Waals surface area contributed by atoms with Gasteiger partial charge >= 0.3 is 5.97 Å². The number of aryl methyl sites for hydroxylation is 1. The van der Waals surface area contributed by atoms with Crippen molar-refractivity contribution in [1.82, 2.24) is 5.32 Å². The number of nitrogens with one attached hydrogen (secondary N) is 2. The first-order chi connectivity index (χ1) is 10.1. The van der Waals surface area contributed by atoms with Gasteiger partial charge in [0.2, 0.25) is 5.91 Å². The lowest BCUT2D eigenvalue weighted by molar-refractivity contribution is -0.137. The number of aliphatic carboxylic acids is 1. The van der Waals surface area contributed by atoms with Crippen molar-refractivity contribution < 1.29 is 14.7 Å². The average Bonchev–Trinajstić information content (AvgIpc) is 3.08. The quantitative estimate of drug-likeness (QED) is 0.772. The van der Waals surface area contributed by atoms with Crippen LogP contribution in [0.4, 0.5) is 5.69 Å². The molecular weight excluding hydrogens is 268 g/mol. The molecule has 0 radical (unpaired) electrons. The van der Waals surface area contributed by atoms with Gasteiger partial charge in [0, 0.05) is 24.2 Å². The molecule has 1 amide bonds. The monoisotopic (exact) mass is 288 g/mol. The molecule has 112 valence electrons. The van der Waals surface area contributed by atoms with Crippen LogP contribution in [0.3, 0.4) is 0 Å². The van der Waals surface area contributed by atoms with E-state index in [1.165, 1.54) is 6.42 Å². The zero-order valence-corrected chi connectivity index (χ0v) is 11.8. The summed E-state index contributed by atoms with van der Waals surface area (Å²) >= 11 is 0. The number of hydrogen-bond acceptors (Lipinski definition) is 3. The van der Waals surface area contributed by atoms with Crippen molar-refractivity contribution in [3.8, 4) is 0 Å². The largest absolute Gasteiger partial charge is 0.481 e. The van der Waals surface area contributed by atoms with E-state index < -0.39 is 5.97 Å². The Balaban J connectivity index is 1.60. The normalized spacial score (nSPS) is 26.8. The molecular formula is C16H20N2O3.